The summed E-state index contributed by atoms with van der Waals surface area (Å²) in [5.74, 6) is 2.09. The summed E-state index contributed by atoms with van der Waals surface area (Å²) in [6.45, 7) is 2.18. The minimum absolute atomic E-state index is 0.938. The van der Waals surface area contributed by atoms with Crippen LogP contribution in [0.1, 0.15) is 36.0 Å². The van der Waals surface area contributed by atoms with Crippen LogP contribution in [-0.4, -0.2) is 0 Å². The number of allylic oxidation sites excluding steroid dienone is 1. The van der Waals surface area contributed by atoms with Gasteiger partial charge in [0.25, 0.3) is 0 Å². The Morgan fingerprint density at radius 1 is 0.815 bits per heavy atom. The highest BCUT2D eigenvalue weighted by atomic mass is 16.3. The van der Waals surface area contributed by atoms with Gasteiger partial charge in [-0.3, -0.25) is 0 Å². The van der Waals surface area contributed by atoms with E-state index in [1.807, 2.05) is 0 Å². The fourth-order valence-electron chi connectivity index (χ4n) is 4.15. The van der Waals surface area contributed by atoms with Gasteiger partial charge in [-0.1, -0.05) is 67.6 Å². The number of furan rings is 1. The molecule has 132 valence electrons. The highest BCUT2D eigenvalue weighted by molar-refractivity contribution is 6.01. The molecule has 1 aliphatic carbocycles. The third kappa shape index (κ3) is 2.80. The predicted octanol–water partition coefficient (Wildman–Crippen LogP) is 7.15. The molecule has 3 aromatic carbocycles. The zero-order valence-electron chi connectivity index (χ0n) is 15.5. The molecule has 0 bridgehead atoms. The fourth-order valence-corrected chi connectivity index (χ4v) is 4.15. The van der Waals surface area contributed by atoms with Gasteiger partial charge in [0.15, 0.2) is 0 Å². The first-order valence-electron chi connectivity index (χ1n) is 9.73. The zero-order valence-corrected chi connectivity index (χ0v) is 15.5. The van der Waals surface area contributed by atoms with E-state index in [9.17, 15) is 0 Å². The van der Waals surface area contributed by atoms with Gasteiger partial charge in [0.1, 0.15) is 11.5 Å². The van der Waals surface area contributed by atoms with Gasteiger partial charge in [0, 0.05) is 12.8 Å². The molecule has 0 aliphatic heterocycles. The van der Waals surface area contributed by atoms with E-state index in [2.05, 4.69) is 85.8 Å². The minimum Gasteiger partial charge on any atom is -0.461 e. The fraction of sp³-hybridized carbons (Fsp3) is 0.154. The maximum Gasteiger partial charge on any atom is 0.130 e. The van der Waals surface area contributed by atoms with Gasteiger partial charge in [-0.15, -0.1) is 0 Å². The molecule has 0 radical (unpaired) electrons. The Hall–Kier alpha value is -3.06. The van der Waals surface area contributed by atoms with Gasteiger partial charge in [0.05, 0.1) is 0 Å². The lowest BCUT2D eigenvalue weighted by Crippen LogP contribution is -1.88. The molecule has 1 aliphatic rings. The van der Waals surface area contributed by atoms with Crippen molar-refractivity contribution < 1.29 is 4.42 Å². The second kappa shape index (κ2) is 6.59. The largest absolute Gasteiger partial charge is 0.461 e. The van der Waals surface area contributed by atoms with Crippen molar-refractivity contribution >= 4 is 22.4 Å². The van der Waals surface area contributed by atoms with Gasteiger partial charge in [-0.2, -0.15) is 0 Å². The lowest BCUT2D eigenvalue weighted by atomic mass is 9.93. The number of rotatable bonds is 4. The SMILES string of the molecule is CCCc1ccc(C2=Cc3c(cccc3-c3cccc4ccccc34)C2)o1. The van der Waals surface area contributed by atoms with Crippen LogP contribution >= 0.6 is 0 Å². The summed E-state index contributed by atoms with van der Waals surface area (Å²) in [4.78, 5) is 0. The summed E-state index contributed by atoms with van der Waals surface area (Å²) < 4.78 is 6.09. The molecule has 0 saturated carbocycles. The van der Waals surface area contributed by atoms with Crippen molar-refractivity contribution in [1.82, 2.24) is 0 Å². The Balaban J connectivity index is 1.62. The average molecular weight is 350 g/mol. The number of hydrogen-bond donors (Lipinski definition) is 0. The summed E-state index contributed by atoms with van der Waals surface area (Å²) in [5.41, 5.74) is 6.59. The van der Waals surface area contributed by atoms with Crippen molar-refractivity contribution in [3.8, 4) is 11.1 Å². The summed E-state index contributed by atoms with van der Waals surface area (Å²) in [6.07, 6.45) is 5.37. The predicted molar refractivity (Wildman–Crippen MR) is 114 cm³/mol. The molecule has 0 unspecified atom stereocenters. The zero-order chi connectivity index (χ0) is 18.2. The van der Waals surface area contributed by atoms with Crippen LogP contribution in [0.2, 0.25) is 0 Å². The minimum atomic E-state index is 0.938. The van der Waals surface area contributed by atoms with Crippen molar-refractivity contribution in [2.45, 2.75) is 26.2 Å². The first kappa shape index (κ1) is 16.1. The molecule has 1 aromatic heterocycles. The number of benzene rings is 3. The second-order valence-electron chi connectivity index (χ2n) is 7.27. The Labute approximate surface area is 160 Å². The van der Waals surface area contributed by atoms with E-state index in [1.165, 1.54) is 38.6 Å². The lowest BCUT2D eigenvalue weighted by molar-refractivity contribution is 0.495. The number of fused-ring (bicyclic) bond motifs is 2. The van der Waals surface area contributed by atoms with Gasteiger partial charge in [-0.25, -0.2) is 0 Å². The monoisotopic (exact) mass is 350 g/mol. The van der Waals surface area contributed by atoms with E-state index in [0.29, 0.717) is 0 Å². The molecule has 0 amide bonds. The standard InChI is InChI=1S/C26H22O/c1-2-7-21-14-15-26(27-21)20-16-19-10-6-13-24(25(19)17-20)23-12-5-9-18-8-3-4-11-22(18)23/h3-6,8-15,17H,2,7,16H2,1H3. The van der Waals surface area contributed by atoms with Crippen molar-refractivity contribution in [2.75, 3.05) is 0 Å². The summed E-state index contributed by atoms with van der Waals surface area (Å²) in [6, 6.07) is 26.1. The van der Waals surface area contributed by atoms with E-state index in [1.54, 1.807) is 0 Å². The van der Waals surface area contributed by atoms with E-state index in [0.717, 1.165) is 30.8 Å². The quantitative estimate of drug-likeness (QED) is 0.381. The molecule has 1 heterocycles. The topological polar surface area (TPSA) is 13.1 Å². The van der Waals surface area contributed by atoms with Crippen LogP contribution in [0.5, 0.6) is 0 Å². The third-order valence-corrected chi connectivity index (χ3v) is 5.45. The Kier molecular flexibility index (Phi) is 3.94. The maximum atomic E-state index is 6.09. The molecule has 0 N–H and O–H groups in total. The van der Waals surface area contributed by atoms with E-state index in [4.69, 9.17) is 4.42 Å². The van der Waals surface area contributed by atoms with Crippen LogP contribution < -0.4 is 0 Å². The van der Waals surface area contributed by atoms with Crippen LogP contribution in [0, 0.1) is 0 Å². The van der Waals surface area contributed by atoms with Crippen molar-refractivity contribution in [1.29, 1.82) is 0 Å². The molecule has 0 spiro atoms. The third-order valence-electron chi connectivity index (χ3n) is 5.45. The van der Waals surface area contributed by atoms with E-state index < -0.39 is 0 Å². The maximum absolute atomic E-state index is 6.09. The molecule has 0 fully saturated rings. The molecular weight excluding hydrogens is 328 g/mol. The molecular formula is C26H22O. The lowest BCUT2D eigenvalue weighted by Gasteiger charge is -2.11. The number of hydrogen-bond acceptors (Lipinski definition) is 1. The Morgan fingerprint density at radius 3 is 2.56 bits per heavy atom. The summed E-state index contributed by atoms with van der Waals surface area (Å²) in [5, 5.41) is 2.59. The van der Waals surface area contributed by atoms with Gasteiger partial charge in [0.2, 0.25) is 0 Å². The summed E-state index contributed by atoms with van der Waals surface area (Å²) >= 11 is 0. The molecule has 1 nitrogen and oxygen atoms in total. The molecule has 4 aromatic rings. The van der Waals surface area contributed by atoms with Crippen molar-refractivity contribution in [2.24, 2.45) is 0 Å². The van der Waals surface area contributed by atoms with Crippen LogP contribution in [0.3, 0.4) is 0 Å². The van der Waals surface area contributed by atoms with Crippen molar-refractivity contribution in [3.63, 3.8) is 0 Å². The van der Waals surface area contributed by atoms with E-state index in [-0.39, 0.29) is 0 Å². The highest BCUT2D eigenvalue weighted by Crippen LogP contribution is 2.40. The average Bonchev–Trinajstić information content (AvgIpc) is 3.34. The molecule has 1 heteroatoms. The number of aryl methyl sites for hydroxylation is 1. The van der Waals surface area contributed by atoms with Crippen LogP contribution in [-0.2, 0) is 12.8 Å². The van der Waals surface area contributed by atoms with Gasteiger partial charge < -0.3 is 4.42 Å². The van der Waals surface area contributed by atoms with Crippen LogP contribution in [0.15, 0.2) is 77.2 Å². The van der Waals surface area contributed by atoms with Gasteiger partial charge >= 0.3 is 0 Å². The highest BCUT2D eigenvalue weighted by Gasteiger charge is 2.20. The van der Waals surface area contributed by atoms with Crippen LogP contribution in [0.4, 0.5) is 0 Å². The first-order valence-corrected chi connectivity index (χ1v) is 9.73. The molecule has 27 heavy (non-hydrogen) atoms. The first-order chi connectivity index (χ1) is 13.3. The normalized spacial score (nSPS) is 13.0. The molecule has 5 rings (SSSR count). The smallest absolute Gasteiger partial charge is 0.130 e. The van der Waals surface area contributed by atoms with Crippen LogP contribution in [0.25, 0.3) is 33.5 Å². The van der Waals surface area contributed by atoms with Gasteiger partial charge in [-0.05, 0) is 63.2 Å². The molecule has 0 saturated heterocycles. The molecule has 0 atom stereocenters. The van der Waals surface area contributed by atoms with E-state index >= 15 is 0 Å². The second-order valence-corrected chi connectivity index (χ2v) is 7.27. The Morgan fingerprint density at radius 2 is 1.63 bits per heavy atom. The van der Waals surface area contributed by atoms with Crippen molar-refractivity contribution in [3.05, 3.63) is 95.4 Å². The summed E-state index contributed by atoms with van der Waals surface area (Å²) in [7, 11) is 0. The Bertz CT molecular complexity index is 1150.